The summed E-state index contributed by atoms with van der Waals surface area (Å²) in [4.78, 5) is 24.4. The van der Waals surface area contributed by atoms with Gasteiger partial charge in [0.15, 0.2) is 0 Å². The average molecular weight is 214 g/mol. The minimum atomic E-state index is -0.522. The van der Waals surface area contributed by atoms with Crippen molar-refractivity contribution in [1.82, 2.24) is 10.2 Å². The maximum atomic E-state index is 11.6. The molecule has 1 heterocycles. The van der Waals surface area contributed by atoms with Gasteiger partial charge in [0.05, 0.1) is 0 Å². The molecule has 0 aromatic heterocycles. The fraction of sp³-hybridized carbons (Fsp3) is 0.800. The first kappa shape index (κ1) is 11.8. The Morgan fingerprint density at radius 3 is 2.53 bits per heavy atom. The van der Waals surface area contributed by atoms with Crippen molar-refractivity contribution < 1.29 is 14.3 Å². The molecule has 1 aliphatic rings. The third-order valence-corrected chi connectivity index (χ3v) is 2.11. The highest BCUT2D eigenvalue weighted by Gasteiger charge is 2.32. The second-order valence-electron chi connectivity index (χ2n) is 4.63. The summed E-state index contributed by atoms with van der Waals surface area (Å²) in [6.07, 6.45) is 0. The van der Waals surface area contributed by atoms with Gasteiger partial charge in [-0.3, -0.25) is 0 Å². The van der Waals surface area contributed by atoms with Gasteiger partial charge >= 0.3 is 12.0 Å². The first-order valence-corrected chi connectivity index (χ1v) is 5.08. The van der Waals surface area contributed by atoms with Crippen LogP contribution in [0.3, 0.4) is 0 Å². The van der Waals surface area contributed by atoms with Crippen LogP contribution < -0.4 is 5.32 Å². The number of nitrogens with zero attached hydrogens (tertiary/aromatic N) is 1. The number of carbonyl (C=O) groups excluding carboxylic acids is 2. The molecule has 5 heteroatoms. The fourth-order valence-electron chi connectivity index (χ4n) is 1.37. The maximum absolute atomic E-state index is 11.6. The lowest BCUT2D eigenvalue weighted by Crippen LogP contribution is -2.44. The zero-order valence-corrected chi connectivity index (χ0v) is 9.66. The van der Waals surface area contributed by atoms with Crippen LogP contribution in [-0.4, -0.2) is 41.6 Å². The molecule has 1 atom stereocenters. The molecule has 0 saturated carbocycles. The van der Waals surface area contributed by atoms with E-state index >= 15 is 0 Å². The number of esters is 1. The second-order valence-corrected chi connectivity index (χ2v) is 4.63. The van der Waals surface area contributed by atoms with Crippen molar-refractivity contribution in [3.05, 3.63) is 0 Å². The van der Waals surface area contributed by atoms with Gasteiger partial charge in [0.25, 0.3) is 0 Å². The van der Waals surface area contributed by atoms with E-state index in [1.165, 1.54) is 4.90 Å². The van der Waals surface area contributed by atoms with Crippen LogP contribution in [0.1, 0.15) is 27.7 Å². The SMILES string of the molecule is CC(C(=O)OC(C)(C)C)N1CCNC1=O. The van der Waals surface area contributed by atoms with Crippen LogP contribution in [0.15, 0.2) is 0 Å². The van der Waals surface area contributed by atoms with Crippen LogP contribution in [0, 0.1) is 0 Å². The molecule has 5 nitrogen and oxygen atoms in total. The van der Waals surface area contributed by atoms with Gasteiger partial charge in [-0.15, -0.1) is 0 Å². The standard InChI is InChI=1S/C10H18N2O3/c1-7(8(13)15-10(2,3)4)12-6-5-11-9(12)14/h7H,5-6H2,1-4H3,(H,11,14). The quantitative estimate of drug-likeness (QED) is 0.690. The lowest BCUT2D eigenvalue weighted by Gasteiger charge is -2.26. The zero-order chi connectivity index (χ0) is 11.6. The third kappa shape index (κ3) is 3.11. The number of amides is 2. The Labute approximate surface area is 89.8 Å². The molecule has 1 fully saturated rings. The van der Waals surface area contributed by atoms with Gasteiger partial charge in [0, 0.05) is 13.1 Å². The number of hydrogen-bond donors (Lipinski definition) is 1. The summed E-state index contributed by atoms with van der Waals surface area (Å²) in [6.45, 7) is 8.25. The summed E-state index contributed by atoms with van der Waals surface area (Å²) >= 11 is 0. The molecule has 86 valence electrons. The average Bonchev–Trinajstić information content (AvgIpc) is 2.47. The Bertz CT molecular complexity index is 270. The molecule has 0 bridgehead atoms. The molecule has 0 spiro atoms. The highest BCUT2D eigenvalue weighted by Crippen LogP contribution is 2.12. The molecular weight excluding hydrogens is 196 g/mol. The van der Waals surface area contributed by atoms with E-state index in [2.05, 4.69) is 5.32 Å². The van der Waals surface area contributed by atoms with Gasteiger partial charge < -0.3 is 15.0 Å². The zero-order valence-electron chi connectivity index (χ0n) is 9.66. The molecule has 1 rings (SSSR count). The smallest absolute Gasteiger partial charge is 0.329 e. The maximum Gasteiger partial charge on any atom is 0.329 e. The number of nitrogens with one attached hydrogen (secondary N) is 1. The van der Waals surface area contributed by atoms with Crippen molar-refractivity contribution in [1.29, 1.82) is 0 Å². The minimum absolute atomic E-state index is 0.201. The van der Waals surface area contributed by atoms with Crippen molar-refractivity contribution in [3.8, 4) is 0 Å². The second kappa shape index (κ2) is 4.08. The lowest BCUT2D eigenvalue weighted by atomic mass is 10.2. The van der Waals surface area contributed by atoms with E-state index in [9.17, 15) is 9.59 Å². The summed E-state index contributed by atoms with van der Waals surface area (Å²) in [7, 11) is 0. The number of carbonyl (C=O) groups is 2. The normalized spacial score (nSPS) is 18.7. The molecule has 0 radical (unpaired) electrons. The van der Waals surface area contributed by atoms with Crippen molar-refractivity contribution in [2.75, 3.05) is 13.1 Å². The summed E-state index contributed by atoms with van der Waals surface area (Å²) in [5.41, 5.74) is -0.512. The summed E-state index contributed by atoms with van der Waals surface area (Å²) < 4.78 is 5.20. The van der Waals surface area contributed by atoms with E-state index in [0.29, 0.717) is 13.1 Å². The molecule has 1 saturated heterocycles. The third-order valence-electron chi connectivity index (χ3n) is 2.11. The number of rotatable bonds is 2. The monoisotopic (exact) mass is 214 g/mol. The van der Waals surface area contributed by atoms with Gasteiger partial charge in [-0.1, -0.05) is 0 Å². The summed E-state index contributed by atoms with van der Waals surface area (Å²) in [5.74, 6) is -0.362. The topological polar surface area (TPSA) is 58.6 Å². The van der Waals surface area contributed by atoms with Gasteiger partial charge in [0.2, 0.25) is 0 Å². The Hall–Kier alpha value is -1.26. The number of hydrogen-bond acceptors (Lipinski definition) is 3. The predicted molar refractivity (Wildman–Crippen MR) is 55.4 cm³/mol. The first-order valence-electron chi connectivity index (χ1n) is 5.08. The Kier molecular flexibility index (Phi) is 3.21. The van der Waals surface area contributed by atoms with Crippen molar-refractivity contribution in [2.24, 2.45) is 0 Å². The van der Waals surface area contributed by atoms with Crippen LogP contribution in [-0.2, 0) is 9.53 Å². The van der Waals surface area contributed by atoms with E-state index in [4.69, 9.17) is 4.74 Å². The molecule has 0 aromatic rings. The molecular formula is C10H18N2O3. The summed E-state index contributed by atoms with van der Waals surface area (Å²) in [6, 6.07) is -0.722. The van der Waals surface area contributed by atoms with E-state index in [1.807, 2.05) is 20.8 Å². The van der Waals surface area contributed by atoms with Crippen LogP contribution >= 0.6 is 0 Å². The van der Waals surface area contributed by atoms with Crippen LogP contribution in [0.5, 0.6) is 0 Å². The molecule has 1 N–H and O–H groups in total. The van der Waals surface area contributed by atoms with Gasteiger partial charge in [-0.05, 0) is 27.7 Å². The van der Waals surface area contributed by atoms with Crippen LogP contribution in [0.25, 0.3) is 0 Å². The number of urea groups is 1. The molecule has 0 aromatic carbocycles. The van der Waals surface area contributed by atoms with Gasteiger partial charge in [0.1, 0.15) is 11.6 Å². The van der Waals surface area contributed by atoms with E-state index in [-0.39, 0.29) is 12.0 Å². The Balaban J connectivity index is 2.56. The lowest BCUT2D eigenvalue weighted by molar-refractivity contribution is -0.159. The first-order chi connectivity index (χ1) is 6.81. The highest BCUT2D eigenvalue weighted by atomic mass is 16.6. The van der Waals surface area contributed by atoms with Gasteiger partial charge in [-0.25, -0.2) is 9.59 Å². The van der Waals surface area contributed by atoms with Crippen LogP contribution in [0.2, 0.25) is 0 Å². The molecule has 0 aliphatic carbocycles. The number of ether oxygens (including phenoxy) is 1. The van der Waals surface area contributed by atoms with E-state index in [0.717, 1.165) is 0 Å². The molecule has 1 unspecified atom stereocenters. The minimum Gasteiger partial charge on any atom is -0.458 e. The van der Waals surface area contributed by atoms with Gasteiger partial charge in [-0.2, -0.15) is 0 Å². The Morgan fingerprint density at radius 2 is 2.13 bits per heavy atom. The van der Waals surface area contributed by atoms with Crippen molar-refractivity contribution in [3.63, 3.8) is 0 Å². The van der Waals surface area contributed by atoms with E-state index in [1.54, 1.807) is 6.92 Å². The van der Waals surface area contributed by atoms with Crippen molar-refractivity contribution in [2.45, 2.75) is 39.3 Å². The predicted octanol–water partition coefficient (Wildman–Crippen LogP) is 0.742. The molecule has 1 aliphatic heterocycles. The fourth-order valence-corrected chi connectivity index (χ4v) is 1.37. The highest BCUT2D eigenvalue weighted by molar-refractivity contribution is 5.84. The van der Waals surface area contributed by atoms with Crippen LogP contribution in [0.4, 0.5) is 4.79 Å². The summed E-state index contributed by atoms with van der Waals surface area (Å²) in [5, 5.41) is 2.65. The van der Waals surface area contributed by atoms with Crippen molar-refractivity contribution >= 4 is 12.0 Å². The Morgan fingerprint density at radius 1 is 1.53 bits per heavy atom. The van der Waals surface area contributed by atoms with E-state index < -0.39 is 11.6 Å². The molecule has 2 amide bonds. The largest absolute Gasteiger partial charge is 0.458 e. The molecule has 15 heavy (non-hydrogen) atoms.